The van der Waals surface area contributed by atoms with Crippen LogP contribution in [0.2, 0.25) is 0 Å². The number of aromatic nitrogens is 2. The lowest BCUT2D eigenvalue weighted by molar-refractivity contribution is -0.00435. The molecule has 0 aromatic carbocycles. The highest BCUT2D eigenvalue weighted by molar-refractivity contribution is 5.01. The molecule has 1 aliphatic heterocycles. The van der Waals surface area contributed by atoms with E-state index in [1.165, 1.54) is 10.8 Å². The van der Waals surface area contributed by atoms with Crippen LogP contribution in [0.25, 0.3) is 0 Å². The topological polar surface area (TPSA) is 84.3 Å². The number of H-pyrrole nitrogens is 1. The average Bonchev–Trinajstić information content (AvgIpc) is 2.71. The molecule has 1 aromatic heterocycles. The molecule has 2 rings (SSSR count). The number of rotatable bonds is 2. The third-order valence-corrected chi connectivity index (χ3v) is 2.65. The van der Waals surface area contributed by atoms with Gasteiger partial charge >= 0.3 is 5.69 Å². The van der Waals surface area contributed by atoms with E-state index in [-0.39, 0.29) is 11.7 Å². The van der Waals surface area contributed by atoms with Gasteiger partial charge in [0, 0.05) is 11.8 Å². The van der Waals surface area contributed by atoms with E-state index in [1.54, 1.807) is 6.92 Å². The summed E-state index contributed by atoms with van der Waals surface area (Å²) in [5, 5.41) is 8.80. The summed E-state index contributed by atoms with van der Waals surface area (Å²) < 4.78 is 6.76. The van der Waals surface area contributed by atoms with Gasteiger partial charge in [0.05, 0.1) is 6.10 Å². The Labute approximate surface area is 91.5 Å². The molecule has 1 radical (unpaired) electrons. The number of nitrogens with zero attached hydrogens (tertiary/aromatic N) is 1. The Balaban J connectivity index is 2.32. The van der Waals surface area contributed by atoms with Crippen molar-refractivity contribution >= 4 is 0 Å². The number of nitrogens with one attached hydrogen (secondary N) is 1. The molecule has 0 unspecified atom stereocenters. The third kappa shape index (κ3) is 1.94. The summed E-state index contributed by atoms with van der Waals surface area (Å²) in [4.78, 5) is 24.9. The van der Waals surface area contributed by atoms with E-state index in [0.717, 1.165) is 6.61 Å². The smallest absolute Gasteiger partial charge is 0.330 e. The summed E-state index contributed by atoms with van der Waals surface area (Å²) in [6, 6.07) is 0. The van der Waals surface area contributed by atoms with Crippen LogP contribution in [0, 0.1) is 13.5 Å². The highest BCUT2D eigenvalue weighted by Gasteiger charge is 2.27. The molecule has 2 heterocycles. The maximum Gasteiger partial charge on any atom is 0.330 e. The van der Waals surface area contributed by atoms with Crippen molar-refractivity contribution in [3.05, 3.63) is 39.2 Å². The van der Waals surface area contributed by atoms with Crippen LogP contribution < -0.4 is 11.2 Å². The lowest BCUT2D eigenvalue weighted by atomic mass is 10.2. The number of aromatic amines is 1. The van der Waals surface area contributed by atoms with Gasteiger partial charge in [0.2, 0.25) is 0 Å². The first kappa shape index (κ1) is 11.1. The highest BCUT2D eigenvalue weighted by atomic mass is 16.5. The van der Waals surface area contributed by atoms with Crippen LogP contribution in [0.15, 0.2) is 15.8 Å². The van der Waals surface area contributed by atoms with E-state index in [9.17, 15) is 9.59 Å². The first-order valence-corrected chi connectivity index (χ1v) is 5.07. The molecule has 0 aliphatic carbocycles. The number of hydrogen-bond donors (Lipinski definition) is 2. The average molecular weight is 225 g/mol. The Hall–Kier alpha value is -1.40. The van der Waals surface area contributed by atoms with Crippen LogP contribution in [0.5, 0.6) is 0 Å². The maximum absolute atomic E-state index is 11.5. The molecule has 0 amide bonds. The second-order valence-electron chi connectivity index (χ2n) is 3.83. The number of ether oxygens (including phenoxy) is 1. The van der Waals surface area contributed by atoms with E-state index in [0.29, 0.717) is 18.4 Å². The Morgan fingerprint density at radius 2 is 2.31 bits per heavy atom. The maximum atomic E-state index is 11.5. The predicted molar refractivity (Wildman–Crippen MR) is 55.4 cm³/mol. The first-order valence-electron chi connectivity index (χ1n) is 5.07. The van der Waals surface area contributed by atoms with Crippen molar-refractivity contribution in [3.8, 4) is 0 Å². The minimum absolute atomic E-state index is 0.343. The predicted octanol–water partition coefficient (Wildman–Crippen LogP) is 0.0569. The zero-order valence-corrected chi connectivity index (χ0v) is 8.84. The van der Waals surface area contributed by atoms with E-state index in [1.807, 2.05) is 0 Å². The molecule has 0 spiro atoms. The van der Waals surface area contributed by atoms with Gasteiger partial charge in [0.1, 0.15) is 12.8 Å². The molecule has 1 fully saturated rings. The fourth-order valence-electron chi connectivity index (χ4n) is 1.76. The van der Waals surface area contributed by atoms with Crippen molar-refractivity contribution in [1.82, 2.24) is 9.55 Å². The molecule has 6 nitrogen and oxygen atoms in total. The van der Waals surface area contributed by atoms with Gasteiger partial charge in [0.25, 0.3) is 5.56 Å². The zero-order valence-electron chi connectivity index (χ0n) is 8.84. The normalized spacial score (nSPS) is 24.9. The van der Waals surface area contributed by atoms with Gasteiger partial charge < -0.3 is 9.84 Å². The second-order valence-corrected chi connectivity index (χ2v) is 3.83. The quantitative estimate of drug-likeness (QED) is 0.745. The highest BCUT2D eigenvalue weighted by Crippen LogP contribution is 2.27. The summed E-state index contributed by atoms with van der Waals surface area (Å²) in [7, 11) is 0. The summed E-state index contributed by atoms with van der Waals surface area (Å²) in [6.45, 7) is 2.60. The van der Waals surface area contributed by atoms with Crippen LogP contribution in [0.1, 0.15) is 24.6 Å². The van der Waals surface area contributed by atoms with E-state index < -0.39 is 11.9 Å². The monoisotopic (exact) mass is 225 g/mol. The van der Waals surface area contributed by atoms with E-state index in [4.69, 9.17) is 9.84 Å². The third-order valence-electron chi connectivity index (χ3n) is 2.65. The molecule has 0 saturated carbocycles. The molecule has 87 valence electrons. The number of aliphatic hydroxyl groups excluding tert-OH is 1. The van der Waals surface area contributed by atoms with Gasteiger partial charge in [0.15, 0.2) is 0 Å². The van der Waals surface area contributed by atoms with Gasteiger partial charge in [-0.3, -0.25) is 14.3 Å². The summed E-state index contributed by atoms with van der Waals surface area (Å²) >= 11 is 0. The minimum atomic E-state index is -0.487. The SMILES string of the molecule is Cc1cn([C@H]2CC[C@@H]([CH]O)O2)c(=O)[nH]c1=O. The van der Waals surface area contributed by atoms with Crippen LogP contribution in [0.3, 0.4) is 0 Å². The Morgan fingerprint density at radius 3 is 2.94 bits per heavy atom. The number of aliphatic hydroxyl groups is 1. The van der Waals surface area contributed by atoms with Crippen LogP contribution in [-0.4, -0.2) is 20.8 Å². The van der Waals surface area contributed by atoms with Crippen molar-refractivity contribution in [2.24, 2.45) is 0 Å². The Morgan fingerprint density at radius 1 is 1.56 bits per heavy atom. The van der Waals surface area contributed by atoms with Crippen molar-refractivity contribution in [1.29, 1.82) is 0 Å². The molecule has 0 bridgehead atoms. The molecule has 1 aromatic rings. The standard InChI is InChI=1S/C10H13N2O4/c1-6-4-12(10(15)11-9(6)14)8-3-2-7(5-13)16-8/h4-5,7-8,13H,2-3H2,1H3,(H,11,14,15)/t7-,8+/m0/s1. The summed E-state index contributed by atoms with van der Waals surface area (Å²) in [6.07, 6.45) is 2.00. The van der Waals surface area contributed by atoms with E-state index in [2.05, 4.69) is 4.98 Å². The van der Waals surface area contributed by atoms with Crippen LogP contribution in [-0.2, 0) is 4.74 Å². The largest absolute Gasteiger partial charge is 0.388 e. The Bertz CT molecular complexity index is 490. The van der Waals surface area contributed by atoms with E-state index >= 15 is 0 Å². The fourth-order valence-corrected chi connectivity index (χ4v) is 1.76. The summed E-state index contributed by atoms with van der Waals surface area (Å²) in [5.74, 6) is 0. The number of hydrogen-bond acceptors (Lipinski definition) is 4. The Kier molecular flexibility index (Phi) is 2.93. The van der Waals surface area contributed by atoms with Crippen molar-refractivity contribution in [2.75, 3.05) is 0 Å². The molecule has 2 atom stereocenters. The molecule has 1 aliphatic rings. The van der Waals surface area contributed by atoms with Gasteiger partial charge in [-0.05, 0) is 19.8 Å². The first-order chi connectivity index (χ1) is 7.61. The van der Waals surface area contributed by atoms with Crippen molar-refractivity contribution in [2.45, 2.75) is 32.1 Å². The second kappa shape index (κ2) is 4.23. The molecular weight excluding hydrogens is 212 g/mol. The number of aryl methyl sites for hydroxylation is 1. The molecule has 2 N–H and O–H groups in total. The van der Waals surface area contributed by atoms with Crippen LogP contribution in [0.4, 0.5) is 0 Å². The summed E-state index contributed by atoms with van der Waals surface area (Å²) in [5.41, 5.74) is -0.414. The van der Waals surface area contributed by atoms with Crippen molar-refractivity contribution < 1.29 is 9.84 Å². The van der Waals surface area contributed by atoms with Gasteiger partial charge in [-0.15, -0.1) is 0 Å². The minimum Gasteiger partial charge on any atom is -0.388 e. The van der Waals surface area contributed by atoms with Crippen LogP contribution >= 0.6 is 0 Å². The van der Waals surface area contributed by atoms with Gasteiger partial charge in [-0.25, -0.2) is 4.79 Å². The fraction of sp³-hybridized carbons (Fsp3) is 0.500. The van der Waals surface area contributed by atoms with Gasteiger partial charge in [-0.1, -0.05) is 0 Å². The van der Waals surface area contributed by atoms with Crippen molar-refractivity contribution in [3.63, 3.8) is 0 Å². The molecule has 16 heavy (non-hydrogen) atoms. The molecule has 1 saturated heterocycles. The zero-order chi connectivity index (χ0) is 11.7. The van der Waals surface area contributed by atoms with Gasteiger partial charge in [-0.2, -0.15) is 0 Å². The molecular formula is C10H13N2O4. The molecule has 6 heteroatoms. The lowest BCUT2D eigenvalue weighted by Gasteiger charge is -2.14. The lowest BCUT2D eigenvalue weighted by Crippen LogP contribution is -2.33.